The van der Waals surface area contributed by atoms with Gasteiger partial charge in [0.15, 0.2) is 0 Å². The number of hydrogen-bond acceptors (Lipinski definition) is 5. The highest BCUT2D eigenvalue weighted by Gasteiger charge is 2.27. The number of tetrazole rings is 1. The average molecular weight is 302 g/mol. The summed E-state index contributed by atoms with van der Waals surface area (Å²) in [5.41, 5.74) is 1.96. The van der Waals surface area contributed by atoms with Crippen LogP contribution in [0, 0.1) is 0 Å². The molecule has 0 aliphatic heterocycles. The SMILES string of the molecule is O=C(O)C=Cc1ccccc1CSc1nnnn1C1CC1. The summed E-state index contributed by atoms with van der Waals surface area (Å²) < 4.78 is 1.88. The highest BCUT2D eigenvalue weighted by atomic mass is 32.2. The van der Waals surface area contributed by atoms with E-state index in [1.807, 2.05) is 28.9 Å². The predicted octanol–water partition coefficient (Wildman–Crippen LogP) is 2.40. The Morgan fingerprint density at radius 2 is 2.24 bits per heavy atom. The lowest BCUT2D eigenvalue weighted by molar-refractivity contribution is -0.131. The highest BCUT2D eigenvalue weighted by Crippen LogP contribution is 2.37. The molecule has 21 heavy (non-hydrogen) atoms. The minimum absolute atomic E-state index is 0.449. The van der Waals surface area contributed by atoms with Crippen molar-refractivity contribution in [3.05, 3.63) is 41.5 Å². The zero-order valence-electron chi connectivity index (χ0n) is 11.2. The standard InChI is InChI=1S/C14H14N4O2S/c19-13(20)8-5-10-3-1-2-4-11(10)9-21-14-15-16-17-18(14)12-6-7-12/h1-5,8,12H,6-7,9H2,(H,19,20). The van der Waals surface area contributed by atoms with Crippen LogP contribution in [-0.2, 0) is 10.5 Å². The molecule has 0 unspecified atom stereocenters. The van der Waals surface area contributed by atoms with Crippen LogP contribution in [0.3, 0.4) is 0 Å². The Balaban J connectivity index is 1.72. The van der Waals surface area contributed by atoms with Gasteiger partial charge in [-0.2, -0.15) is 0 Å². The maximum absolute atomic E-state index is 10.6. The molecule has 0 radical (unpaired) electrons. The van der Waals surface area contributed by atoms with Crippen LogP contribution in [-0.4, -0.2) is 31.3 Å². The van der Waals surface area contributed by atoms with Crippen LogP contribution in [0.5, 0.6) is 0 Å². The maximum atomic E-state index is 10.6. The second-order valence-electron chi connectivity index (χ2n) is 4.80. The first-order valence-electron chi connectivity index (χ1n) is 6.63. The number of nitrogens with zero attached hydrogens (tertiary/aromatic N) is 4. The van der Waals surface area contributed by atoms with E-state index >= 15 is 0 Å². The number of aliphatic carboxylic acids is 1. The topological polar surface area (TPSA) is 80.9 Å². The van der Waals surface area contributed by atoms with Gasteiger partial charge in [-0.1, -0.05) is 36.0 Å². The van der Waals surface area contributed by atoms with E-state index in [-0.39, 0.29) is 0 Å². The third kappa shape index (κ3) is 3.49. The Labute approximate surface area is 125 Å². The Hall–Kier alpha value is -2.15. The first-order chi connectivity index (χ1) is 10.2. The van der Waals surface area contributed by atoms with Crippen molar-refractivity contribution in [2.75, 3.05) is 0 Å². The van der Waals surface area contributed by atoms with E-state index in [1.54, 1.807) is 17.8 Å². The fourth-order valence-electron chi connectivity index (χ4n) is 1.96. The molecule has 108 valence electrons. The van der Waals surface area contributed by atoms with Gasteiger partial charge in [0.1, 0.15) is 0 Å². The van der Waals surface area contributed by atoms with Crippen LogP contribution >= 0.6 is 11.8 Å². The van der Waals surface area contributed by atoms with Crippen LogP contribution in [0.1, 0.15) is 30.0 Å². The Morgan fingerprint density at radius 1 is 1.43 bits per heavy atom. The molecule has 1 saturated carbocycles. The smallest absolute Gasteiger partial charge is 0.328 e. The van der Waals surface area contributed by atoms with Gasteiger partial charge in [-0.3, -0.25) is 0 Å². The molecule has 1 aromatic carbocycles. The van der Waals surface area contributed by atoms with E-state index < -0.39 is 5.97 Å². The largest absolute Gasteiger partial charge is 0.478 e. The van der Waals surface area contributed by atoms with E-state index in [4.69, 9.17) is 5.11 Å². The van der Waals surface area contributed by atoms with Crippen molar-refractivity contribution in [3.8, 4) is 0 Å². The second kappa shape index (κ2) is 6.09. The number of hydrogen-bond donors (Lipinski definition) is 1. The Bertz CT molecular complexity index is 679. The second-order valence-corrected chi connectivity index (χ2v) is 5.74. The van der Waals surface area contributed by atoms with Crippen LogP contribution < -0.4 is 0 Å². The van der Waals surface area contributed by atoms with Crippen molar-refractivity contribution in [2.45, 2.75) is 29.8 Å². The summed E-state index contributed by atoms with van der Waals surface area (Å²) >= 11 is 1.57. The van der Waals surface area contributed by atoms with Gasteiger partial charge >= 0.3 is 5.97 Å². The van der Waals surface area contributed by atoms with Gasteiger partial charge in [0, 0.05) is 11.8 Å². The Morgan fingerprint density at radius 3 is 3.00 bits per heavy atom. The minimum Gasteiger partial charge on any atom is -0.478 e. The zero-order valence-corrected chi connectivity index (χ0v) is 12.0. The van der Waals surface area contributed by atoms with Gasteiger partial charge in [-0.25, -0.2) is 9.48 Å². The van der Waals surface area contributed by atoms with E-state index in [0.717, 1.165) is 35.2 Å². The highest BCUT2D eigenvalue weighted by molar-refractivity contribution is 7.98. The lowest BCUT2D eigenvalue weighted by Gasteiger charge is -2.05. The summed E-state index contributed by atoms with van der Waals surface area (Å²) in [6, 6.07) is 8.17. The molecule has 1 heterocycles. The molecule has 0 saturated heterocycles. The normalized spacial score (nSPS) is 14.7. The van der Waals surface area contributed by atoms with Crippen molar-refractivity contribution in [1.82, 2.24) is 20.2 Å². The molecule has 1 N–H and O–H groups in total. The number of rotatable bonds is 6. The van der Waals surface area contributed by atoms with Crippen LogP contribution in [0.4, 0.5) is 0 Å². The van der Waals surface area contributed by atoms with Gasteiger partial charge in [0.2, 0.25) is 5.16 Å². The van der Waals surface area contributed by atoms with Gasteiger partial charge < -0.3 is 5.11 Å². The van der Waals surface area contributed by atoms with E-state index in [2.05, 4.69) is 15.5 Å². The molecule has 6 nitrogen and oxygen atoms in total. The van der Waals surface area contributed by atoms with Crippen LogP contribution in [0.2, 0.25) is 0 Å². The molecule has 1 fully saturated rings. The minimum atomic E-state index is -0.949. The summed E-state index contributed by atoms with van der Waals surface area (Å²) in [6.07, 6.45) is 5.03. The van der Waals surface area contributed by atoms with Crippen LogP contribution in [0.15, 0.2) is 35.5 Å². The molecule has 0 spiro atoms. The van der Waals surface area contributed by atoms with Crippen molar-refractivity contribution in [3.63, 3.8) is 0 Å². The number of carbonyl (C=O) groups is 1. The molecular formula is C14H14N4O2S. The molecule has 2 aromatic rings. The van der Waals surface area contributed by atoms with Gasteiger partial charge in [0.25, 0.3) is 0 Å². The number of benzene rings is 1. The average Bonchev–Trinajstić information content (AvgIpc) is 3.22. The van der Waals surface area contributed by atoms with E-state index in [0.29, 0.717) is 11.8 Å². The predicted molar refractivity (Wildman–Crippen MR) is 78.8 cm³/mol. The first kappa shape index (κ1) is 13.8. The molecule has 0 amide bonds. The maximum Gasteiger partial charge on any atom is 0.328 e. The molecular weight excluding hydrogens is 288 g/mol. The van der Waals surface area contributed by atoms with Crippen molar-refractivity contribution in [1.29, 1.82) is 0 Å². The van der Waals surface area contributed by atoms with Gasteiger partial charge in [-0.05, 0) is 40.5 Å². The Kier molecular flexibility index (Phi) is 4.01. The molecule has 1 aliphatic rings. The summed E-state index contributed by atoms with van der Waals surface area (Å²) in [5, 5.41) is 21.3. The van der Waals surface area contributed by atoms with Crippen LogP contribution in [0.25, 0.3) is 6.08 Å². The molecule has 0 bridgehead atoms. The fraction of sp³-hybridized carbons (Fsp3) is 0.286. The number of carboxylic acids is 1. The van der Waals surface area contributed by atoms with Crippen molar-refractivity contribution < 1.29 is 9.90 Å². The third-order valence-electron chi connectivity index (χ3n) is 3.17. The lowest BCUT2D eigenvalue weighted by Crippen LogP contribution is -1.99. The monoisotopic (exact) mass is 302 g/mol. The summed E-state index contributed by atoms with van der Waals surface area (Å²) in [5.74, 6) is -0.247. The zero-order chi connectivity index (χ0) is 14.7. The third-order valence-corrected chi connectivity index (χ3v) is 4.15. The first-order valence-corrected chi connectivity index (χ1v) is 7.62. The fourth-order valence-corrected chi connectivity index (χ4v) is 2.92. The molecule has 3 rings (SSSR count). The molecule has 7 heteroatoms. The lowest BCUT2D eigenvalue weighted by atomic mass is 10.1. The molecule has 1 aromatic heterocycles. The molecule has 1 aliphatic carbocycles. The summed E-state index contributed by atoms with van der Waals surface area (Å²) in [7, 11) is 0. The molecule has 0 atom stereocenters. The summed E-state index contributed by atoms with van der Waals surface area (Å²) in [6.45, 7) is 0. The van der Waals surface area contributed by atoms with E-state index in [9.17, 15) is 4.79 Å². The summed E-state index contributed by atoms with van der Waals surface area (Å²) in [4.78, 5) is 10.6. The van der Waals surface area contributed by atoms with Crippen molar-refractivity contribution >= 4 is 23.8 Å². The quantitative estimate of drug-likeness (QED) is 0.652. The number of thioether (sulfide) groups is 1. The van der Waals surface area contributed by atoms with E-state index in [1.165, 1.54) is 0 Å². The number of carboxylic acid groups (broad SMARTS) is 1. The van der Waals surface area contributed by atoms with Crippen molar-refractivity contribution in [2.24, 2.45) is 0 Å². The van der Waals surface area contributed by atoms with Gasteiger partial charge in [0.05, 0.1) is 6.04 Å². The van der Waals surface area contributed by atoms with Gasteiger partial charge in [-0.15, -0.1) is 5.10 Å². The number of aromatic nitrogens is 4.